The Morgan fingerprint density at radius 1 is 1.37 bits per heavy atom. The number of aliphatic hydroxyl groups is 1. The van der Waals surface area contributed by atoms with E-state index < -0.39 is 24.6 Å². The van der Waals surface area contributed by atoms with Gasteiger partial charge in [-0.3, -0.25) is 0 Å². The van der Waals surface area contributed by atoms with Gasteiger partial charge in [0.2, 0.25) is 0 Å². The Hall–Kier alpha value is -2.15. The van der Waals surface area contributed by atoms with Gasteiger partial charge in [-0.1, -0.05) is 12.1 Å². The number of benzene rings is 1. The van der Waals surface area contributed by atoms with Crippen LogP contribution in [0.5, 0.6) is 0 Å². The summed E-state index contributed by atoms with van der Waals surface area (Å²) < 4.78 is 12.9. The van der Waals surface area contributed by atoms with Crippen LogP contribution in [0.25, 0.3) is 0 Å². The summed E-state index contributed by atoms with van der Waals surface area (Å²) >= 11 is 0. The van der Waals surface area contributed by atoms with E-state index in [9.17, 15) is 14.0 Å². The smallest absolute Gasteiger partial charge is 0.328 e. The topological polar surface area (TPSA) is 98.7 Å². The molecule has 104 valence electrons. The highest BCUT2D eigenvalue weighted by Crippen LogP contribution is 2.03. The molecule has 7 heteroatoms. The average molecular weight is 270 g/mol. The molecule has 0 aromatic heterocycles. The van der Waals surface area contributed by atoms with Crippen molar-refractivity contribution >= 4 is 12.0 Å². The first-order valence-electron chi connectivity index (χ1n) is 5.65. The van der Waals surface area contributed by atoms with Gasteiger partial charge in [0.25, 0.3) is 0 Å². The summed E-state index contributed by atoms with van der Waals surface area (Å²) in [6.45, 7) is -0.459. The molecular weight excluding hydrogens is 255 g/mol. The van der Waals surface area contributed by atoms with E-state index in [1.807, 2.05) is 0 Å². The Bertz CT molecular complexity index is 453. The van der Waals surface area contributed by atoms with Crippen molar-refractivity contribution in [3.8, 4) is 0 Å². The first-order chi connectivity index (χ1) is 9.02. The summed E-state index contributed by atoms with van der Waals surface area (Å²) in [7, 11) is 0. The third-order valence-electron chi connectivity index (χ3n) is 2.37. The number of carbonyl (C=O) groups is 2. The minimum Gasteiger partial charge on any atom is -0.480 e. The largest absolute Gasteiger partial charge is 0.480 e. The number of aliphatic hydroxyl groups excluding tert-OH is 1. The molecule has 1 aromatic carbocycles. The molecule has 0 saturated heterocycles. The number of halogens is 1. The molecule has 1 atom stereocenters. The van der Waals surface area contributed by atoms with Crippen molar-refractivity contribution in [2.45, 2.75) is 12.5 Å². The highest BCUT2D eigenvalue weighted by atomic mass is 19.1. The molecule has 0 fully saturated rings. The van der Waals surface area contributed by atoms with Gasteiger partial charge in [-0.25, -0.2) is 14.0 Å². The summed E-state index contributed by atoms with van der Waals surface area (Å²) in [5, 5.41) is 21.8. The number of aliphatic carboxylic acids is 1. The quantitative estimate of drug-likeness (QED) is 0.589. The summed E-state index contributed by atoms with van der Waals surface area (Å²) in [5.41, 5.74) is 0.720. The maximum absolute atomic E-state index is 12.9. The van der Waals surface area contributed by atoms with E-state index in [-0.39, 0.29) is 12.4 Å². The molecule has 0 aliphatic heterocycles. The molecule has 4 N–H and O–H groups in total. The Morgan fingerprint density at radius 3 is 2.68 bits per heavy atom. The molecule has 0 radical (unpaired) electrons. The van der Waals surface area contributed by atoms with E-state index in [0.717, 1.165) is 5.56 Å². The molecule has 6 nitrogen and oxygen atoms in total. The number of amides is 2. The van der Waals surface area contributed by atoms with Gasteiger partial charge in [-0.2, -0.15) is 0 Å². The Kier molecular flexibility index (Phi) is 5.74. The summed E-state index contributed by atoms with van der Waals surface area (Å²) in [6.07, 6.45) is 0.419. The second-order valence-corrected chi connectivity index (χ2v) is 3.85. The fourth-order valence-electron chi connectivity index (χ4n) is 1.41. The first kappa shape index (κ1) is 14.9. The standard InChI is InChI=1S/C12H15FN2O4/c13-9-3-1-2-8(6-9)4-5-14-12(19)15-10(7-16)11(17)18/h1-3,6,10,16H,4-5,7H2,(H,17,18)(H2,14,15,19)/t10-/m1/s1. The number of urea groups is 1. The Morgan fingerprint density at radius 2 is 2.11 bits per heavy atom. The molecule has 1 aromatic rings. The van der Waals surface area contributed by atoms with Crippen LogP contribution in [0.4, 0.5) is 9.18 Å². The van der Waals surface area contributed by atoms with Crippen molar-refractivity contribution in [2.24, 2.45) is 0 Å². The van der Waals surface area contributed by atoms with Crippen LogP contribution in [0.3, 0.4) is 0 Å². The van der Waals surface area contributed by atoms with Crippen LogP contribution in [-0.4, -0.2) is 41.4 Å². The first-order valence-corrected chi connectivity index (χ1v) is 5.65. The predicted molar refractivity (Wildman–Crippen MR) is 65.1 cm³/mol. The molecule has 0 saturated carbocycles. The van der Waals surface area contributed by atoms with Crippen LogP contribution in [0, 0.1) is 5.82 Å². The molecule has 19 heavy (non-hydrogen) atoms. The van der Waals surface area contributed by atoms with Crippen molar-refractivity contribution in [2.75, 3.05) is 13.2 Å². The van der Waals surface area contributed by atoms with Gasteiger partial charge in [0.1, 0.15) is 5.82 Å². The lowest BCUT2D eigenvalue weighted by Crippen LogP contribution is -2.48. The van der Waals surface area contributed by atoms with Gasteiger partial charge in [-0.15, -0.1) is 0 Å². The van der Waals surface area contributed by atoms with Crippen LogP contribution in [0.1, 0.15) is 5.56 Å². The van der Waals surface area contributed by atoms with Gasteiger partial charge >= 0.3 is 12.0 Å². The third kappa shape index (κ3) is 5.35. The van der Waals surface area contributed by atoms with Gasteiger partial charge in [-0.05, 0) is 24.1 Å². The lowest BCUT2D eigenvalue weighted by molar-refractivity contribution is -0.140. The lowest BCUT2D eigenvalue weighted by Gasteiger charge is -2.12. The van der Waals surface area contributed by atoms with Gasteiger partial charge < -0.3 is 20.8 Å². The monoisotopic (exact) mass is 270 g/mol. The minimum atomic E-state index is -1.34. The van der Waals surface area contributed by atoms with Crippen LogP contribution >= 0.6 is 0 Å². The number of rotatable bonds is 6. The van der Waals surface area contributed by atoms with E-state index in [1.54, 1.807) is 12.1 Å². The number of hydrogen-bond acceptors (Lipinski definition) is 3. The highest BCUT2D eigenvalue weighted by Gasteiger charge is 2.17. The van der Waals surface area contributed by atoms with Crippen molar-refractivity contribution in [3.63, 3.8) is 0 Å². The predicted octanol–water partition coefficient (Wildman–Crippen LogP) is 0.113. The van der Waals surface area contributed by atoms with E-state index >= 15 is 0 Å². The van der Waals surface area contributed by atoms with E-state index in [0.29, 0.717) is 6.42 Å². The molecule has 2 amide bonds. The summed E-state index contributed by atoms with van der Waals surface area (Å²) in [4.78, 5) is 21.9. The number of hydrogen-bond donors (Lipinski definition) is 4. The normalized spacial score (nSPS) is 11.7. The van der Waals surface area contributed by atoms with Crippen LogP contribution < -0.4 is 10.6 Å². The van der Waals surface area contributed by atoms with Gasteiger partial charge in [0.05, 0.1) is 6.61 Å². The maximum Gasteiger partial charge on any atom is 0.328 e. The van der Waals surface area contributed by atoms with E-state index in [1.165, 1.54) is 12.1 Å². The zero-order chi connectivity index (χ0) is 14.3. The number of carbonyl (C=O) groups excluding carboxylic acids is 1. The number of carboxylic acids is 1. The molecule has 0 spiro atoms. The molecule has 0 bridgehead atoms. The van der Waals surface area contributed by atoms with Gasteiger partial charge in [0.15, 0.2) is 6.04 Å². The molecule has 1 rings (SSSR count). The van der Waals surface area contributed by atoms with Crippen molar-refractivity contribution in [1.82, 2.24) is 10.6 Å². The fourth-order valence-corrected chi connectivity index (χ4v) is 1.41. The SMILES string of the molecule is O=C(NCCc1cccc(F)c1)N[C@H](CO)C(=O)O. The van der Waals surface area contributed by atoms with E-state index in [2.05, 4.69) is 10.6 Å². The maximum atomic E-state index is 12.9. The summed E-state index contributed by atoms with van der Waals surface area (Å²) in [5.74, 6) is -1.67. The van der Waals surface area contributed by atoms with Crippen LogP contribution in [-0.2, 0) is 11.2 Å². The molecular formula is C12H15FN2O4. The van der Waals surface area contributed by atoms with E-state index in [4.69, 9.17) is 10.2 Å². The third-order valence-corrected chi connectivity index (χ3v) is 2.37. The summed E-state index contributed by atoms with van der Waals surface area (Å²) in [6, 6.07) is 3.93. The zero-order valence-electron chi connectivity index (χ0n) is 10.1. The van der Waals surface area contributed by atoms with Crippen molar-refractivity contribution in [1.29, 1.82) is 0 Å². The zero-order valence-corrected chi connectivity index (χ0v) is 10.1. The van der Waals surface area contributed by atoms with Crippen molar-refractivity contribution in [3.05, 3.63) is 35.6 Å². The molecule has 0 aliphatic rings. The van der Waals surface area contributed by atoms with Crippen LogP contribution in [0.15, 0.2) is 24.3 Å². The van der Waals surface area contributed by atoms with Crippen LogP contribution in [0.2, 0.25) is 0 Å². The second-order valence-electron chi connectivity index (χ2n) is 3.85. The molecule has 0 heterocycles. The molecule has 0 unspecified atom stereocenters. The Balaban J connectivity index is 2.33. The molecule has 0 aliphatic carbocycles. The Labute approximate surface area is 109 Å². The average Bonchev–Trinajstić information content (AvgIpc) is 2.35. The fraction of sp³-hybridized carbons (Fsp3) is 0.333. The second kappa shape index (κ2) is 7.32. The minimum absolute atomic E-state index is 0.229. The van der Waals surface area contributed by atoms with Gasteiger partial charge in [0, 0.05) is 6.54 Å². The van der Waals surface area contributed by atoms with Crippen molar-refractivity contribution < 1.29 is 24.2 Å². The number of carboxylic acid groups (broad SMARTS) is 1. The lowest BCUT2D eigenvalue weighted by atomic mass is 10.1. The number of nitrogens with one attached hydrogen (secondary N) is 2. The highest BCUT2D eigenvalue weighted by molar-refractivity contribution is 5.82.